The van der Waals surface area contributed by atoms with Crippen LogP contribution in [0.1, 0.15) is 56.5 Å². The van der Waals surface area contributed by atoms with Crippen molar-refractivity contribution in [3.63, 3.8) is 0 Å². The van der Waals surface area contributed by atoms with Gasteiger partial charge in [0.05, 0.1) is 0 Å². The van der Waals surface area contributed by atoms with E-state index in [1.165, 1.54) is 9.47 Å². The Kier molecular flexibility index (Phi) is 7.20. The van der Waals surface area contributed by atoms with E-state index in [1.54, 1.807) is 12.1 Å². The van der Waals surface area contributed by atoms with Gasteiger partial charge in [0, 0.05) is 18.7 Å². The monoisotopic (exact) mass is 386 g/mol. The highest BCUT2D eigenvalue weighted by atomic mass is 16.2. The lowest BCUT2D eigenvalue weighted by molar-refractivity contribution is 0.0983. The van der Waals surface area contributed by atoms with Crippen molar-refractivity contribution in [3.05, 3.63) is 56.2 Å². The maximum absolute atomic E-state index is 13.2. The minimum Gasteiger partial charge on any atom is -0.383 e. The highest BCUT2D eigenvalue weighted by molar-refractivity contribution is 6.07. The van der Waals surface area contributed by atoms with Crippen LogP contribution in [0.25, 0.3) is 0 Å². The zero-order valence-electron chi connectivity index (χ0n) is 17.1. The first-order valence-electron chi connectivity index (χ1n) is 9.83. The molecule has 0 saturated heterocycles. The van der Waals surface area contributed by atoms with Crippen LogP contribution in [-0.4, -0.2) is 22.0 Å². The molecule has 0 aliphatic rings. The number of nitrogens with two attached hydrogens (primary N) is 1. The Morgan fingerprint density at radius 3 is 2.36 bits per heavy atom. The first kappa shape index (κ1) is 21.5. The van der Waals surface area contributed by atoms with Gasteiger partial charge in [-0.05, 0) is 36.5 Å². The van der Waals surface area contributed by atoms with Gasteiger partial charge in [-0.2, -0.15) is 0 Å². The van der Waals surface area contributed by atoms with Crippen molar-refractivity contribution < 1.29 is 4.79 Å². The molecular weight excluding hydrogens is 356 g/mol. The quantitative estimate of drug-likeness (QED) is 0.728. The number of nitrogens with one attached hydrogen (secondary N) is 1. The number of unbranched alkanes of at least 4 members (excludes halogenated alkanes) is 1. The van der Waals surface area contributed by atoms with E-state index >= 15 is 0 Å². The highest BCUT2D eigenvalue weighted by Crippen LogP contribution is 2.21. The summed E-state index contributed by atoms with van der Waals surface area (Å²) < 4.78 is 1.33. The number of aromatic amines is 1. The zero-order chi connectivity index (χ0) is 20.8. The predicted molar refractivity (Wildman–Crippen MR) is 113 cm³/mol. The number of hydrogen-bond acceptors (Lipinski definition) is 4. The summed E-state index contributed by atoms with van der Waals surface area (Å²) in [7, 11) is 0. The van der Waals surface area contributed by atoms with Crippen LogP contribution in [0, 0.1) is 5.92 Å². The van der Waals surface area contributed by atoms with E-state index in [-0.39, 0.29) is 23.3 Å². The predicted octanol–water partition coefficient (Wildman–Crippen LogP) is 2.78. The molecule has 28 heavy (non-hydrogen) atoms. The number of anilines is 2. The molecule has 1 heterocycles. The summed E-state index contributed by atoms with van der Waals surface area (Å²) in [6.45, 7) is 8.66. The number of aryl methyl sites for hydroxylation is 1. The SMILES string of the molecule is CCCCn1c(N)c(N(CC(C)C)C(=O)c2ccc(CC)cc2)c(=O)[nH]c1=O. The molecule has 152 valence electrons. The number of carbonyl (C=O) groups is 1. The van der Waals surface area contributed by atoms with Gasteiger partial charge in [0.25, 0.3) is 11.5 Å². The van der Waals surface area contributed by atoms with Gasteiger partial charge in [0.2, 0.25) is 0 Å². The molecular formula is C21H30N4O3. The smallest absolute Gasteiger partial charge is 0.330 e. The standard InChI is InChI=1S/C21H30N4O3/c1-5-7-12-24-18(22)17(19(26)23-21(24)28)25(13-14(3)4)20(27)16-10-8-15(6-2)9-11-16/h8-11,14H,5-7,12-13,22H2,1-4H3,(H,23,26,28). The molecule has 3 N–H and O–H groups in total. The Hall–Kier alpha value is -2.83. The summed E-state index contributed by atoms with van der Waals surface area (Å²) in [6, 6.07) is 7.31. The van der Waals surface area contributed by atoms with Crippen molar-refractivity contribution >= 4 is 17.4 Å². The molecule has 0 unspecified atom stereocenters. The summed E-state index contributed by atoms with van der Waals surface area (Å²) >= 11 is 0. The van der Waals surface area contributed by atoms with Crippen LogP contribution in [0.5, 0.6) is 0 Å². The minimum absolute atomic E-state index is 0.0291. The summed E-state index contributed by atoms with van der Waals surface area (Å²) in [5.41, 5.74) is 6.65. The van der Waals surface area contributed by atoms with E-state index < -0.39 is 11.2 Å². The van der Waals surface area contributed by atoms with Gasteiger partial charge in [0.15, 0.2) is 5.69 Å². The average Bonchev–Trinajstić information content (AvgIpc) is 2.66. The van der Waals surface area contributed by atoms with Gasteiger partial charge in [-0.25, -0.2) is 4.79 Å². The third kappa shape index (κ3) is 4.71. The molecule has 0 radical (unpaired) electrons. The minimum atomic E-state index is -0.644. The van der Waals surface area contributed by atoms with Gasteiger partial charge < -0.3 is 10.6 Å². The number of benzene rings is 1. The Morgan fingerprint density at radius 1 is 1.18 bits per heavy atom. The number of H-pyrrole nitrogens is 1. The van der Waals surface area contributed by atoms with Crippen molar-refractivity contribution in [1.29, 1.82) is 0 Å². The van der Waals surface area contributed by atoms with E-state index in [2.05, 4.69) is 4.98 Å². The molecule has 1 amide bonds. The van der Waals surface area contributed by atoms with Crippen molar-refractivity contribution in [2.45, 2.75) is 53.5 Å². The molecule has 0 saturated carbocycles. The second-order valence-electron chi connectivity index (χ2n) is 7.36. The molecule has 7 nitrogen and oxygen atoms in total. The van der Waals surface area contributed by atoms with E-state index in [0.29, 0.717) is 18.7 Å². The Bertz CT molecular complexity index is 926. The van der Waals surface area contributed by atoms with Gasteiger partial charge in [0.1, 0.15) is 5.82 Å². The molecule has 0 bridgehead atoms. The van der Waals surface area contributed by atoms with Crippen LogP contribution in [0.15, 0.2) is 33.9 Å². The molecule has 2 rings (SSSR count). The summed E-state index contributed by atoms with van der Waals surface area (Å²) in [4.78, 5) is 41.7. The van der Waals surface area contributed by atoms with Gasteiger partial charge in [-0.15, -0.1) is 0 Å². The summed E-state index contributed by atoms with van der Waals surface area (Å²) in [5.74, 6) is -0.177. The number of hydrogen-bond donors (Lipinski definition) is 2. The van der Waals surface area contributed by atoms with Crippen LogP contribution in [-0.2, 0) is 13.0 Å². The number of aromatic nitrogens is 2. The number of amides is 1. The van der Waals surface area contributed by atoms with Crippen molar-refractivity contribution in [2.75, 3.05) is 17.2 Å². The fourth-order valence-corrected chi connectivity index (χ4v) is 3.06. The second-order valence-corrected chi connectivity index (χ2v) is 7.36. The molecule has 2 aromatic rings. The normalized spacial score (nSPS) is 11.0. The van der Waals surface area contributed by atoms with E-state index in [1.807, 2.05) is 39.8 Å². The molecule has 0 atom stereocenters. The third-order valence-electron chi connectivity index (χ3n) is 4.62. The number of carbonyl (C=O) groups excluding carboxylic acids is 1. The van der Waals surface area contributed by atoms with Crippen molar-refractivity contribution in [1.82, 2.24) is 9.55 Å². The molecule has 1 aromatic carbocycles. The highest BCUT2D eigenvalue weighted by Gasteiger charge is 2.25. The second kappa shape index (κ2) is 9.39. The Balaban J connectivity index is 2.57. The fraction of sp³-hybridized carbons (Fsp3) is 0.476. The van der Waals surface area contributed by atoms with Crippen LogP contribution < -0.4 is 21.9 Å². The van der Waals surface area contributed by atoms with Gasteiger partial charge in [-0.1, -0.05) is 46.2 Å². The summed E-state index contributed by atoms with van der Waals surface area (Å²) in [5, 5.41) is 0. The first-order valence-corrected chi connectivity index (χ1v) is 9.83. The van der Waals surface area contributed by atoms with Gasteiger partial charge >= 0.3 is 5.69 Å². The van der Waals surface area contributed by atoms with E-state index in [9.17, 15) is 14.4 Å². The van der Waals surface area contributed by atoms with Crippen LogP contribution in [0.3, 0.4) is 0 Å². The van der Waals surface area contributed by atoms with Crippen molar-refractivity contribution in [3.8, 4) is 0 Å². The van der Waals surface area contributed by atoms with E-state index in [4.69, 9.17) is 5.73 Å². The Labute approximate surface area is 165 Å². The third-order valence-corrected chi connectivity index (χ3v) is 4.62. The van der Waals surface area contributed by atoms with Gasteiger partial charge in [-0.3, -0.25) is 19.1 Å². The van der Waals surface area contributed by atoms with Crippen LogP contribution in [0.2, 0.25) is 0 Å². The average molecular weight is 386 g/mol. The topological polar surface area (TPSA) is 101 Å². The lowest BCUT2D eigenvalue weighted by Gasteiger charge is -2.26. The number of nitrogen functional groups attached to an aromatic ring is 1. The number of nitrogens with zero attached hydrogens (tertiary/aromatic N) is 2. The maximum Gasteiger partial charge on any atom is 0.330 e. The maximum atomic E-state index is 13.2. The molecule has 0 spiro atoms. The molecule has 0 fully saturated rings. The molecule has 0 aliphatic heterocycles. The Morgan fingerprint density at radius 2 is 1.82 bits per heavy atom. The molecule has 0 aliphatic carbocycles. The molecule has 7 heteroatoms. The van der Waals surface area contributed by atoms with Crippen molar-refractivity contribution in [2.24, 2.45) is 5.92 Å². The lowest BCUT2D eigenvalue weighted by atomic mass is 10.1. The fourth-order valence-electron chi connectivity index (χ4n) is 3.06. The molecule has 1 aromatic heterocycles. The van der Waals surface area contributed by atoms with Crippen LogP contribution >= 0.6 is 0 Å². The lowest BCUT2D eigenvalue weighted by Crippen LogP contribution is -2.42. The largest absolute Gasteiger partial charge is 0.383 e. The number of rotatable bonds is 8. The van der Waals surface area contributed by atoms with E-state index in [0.717, 1.165) is 24.8 Å². The first-order chi connectivity index (χ1) is 13.3. The van der Waals surface area contributed by atoms with Crippen LogP contribution in [0.4, 0.5) is 11.5 Å². The summed E-state index contributed by atoms with van der Waals surface area (Å²) in [6.07, 6.45) is 2.49. The zero-order valence-corrected chi connectivity index (χ0v) is 17.1.